The first-order valence-electron chi connectivity index (χ1n) is 9.10. The van der Waals surface area contributed by atoms with Gasteiger partial charge in [-0.15, -0.1) is 0 Å². The van der Waals surface area contributed by atoms with Crippen LogP contribution in [0.2, 0.25) is 0 Å². The highest BCUT2D eigenvalue weighted by Gasteiger charge is 2.41. The van der Waals surface area contributed by atoms with Gasteiger partial charge in [0, 0.05) is 25.2 Å². The predicted molar refractivity (Wildman–Crippen MR) is 100 cm³/mol. The summed E-state index contributed by atoms with van der Waals surface area (Å²) in [6, 6.07) is 4.46. The molecule has 1 aromatic carbocycles. The number of morpholine rings is 1. The number of amides is 1. The monoisotopic (exact) mass is 397 g/mol. The number of nitrogens with two attached hydrogens (primary N) is 1. The number of hydrogen-bond acceptors (Lipinski definition) is 6. The number of ether oxygens (including phenoxy) is 2. The highest BCUT2D eigenvalue weighted by atomic mass is 32.2. The quantitative estimate of drug-likeness (QED) is 0.696. The summed E-state index contributed by atoms with van der Waals surface area (Å²) in [6.07, 6.45) is 2.07. The molecule has 3 rings (SSSR count). The van der Waals surface area contributed by atoms with Crippen molar-refractivity contribution in [1.29, 1.82) is 0 Å². The van der Waals surface area contributed by atoms with Crippen molar-refractivity contribution < 1.29 is 22.7 Å². The summed E-state index contributed by atoms with van der Waals surface area (Å²) in [7, 11) is -2.38. The fraction of sp³-hybridized carbons (Fsp3) is 0.611. The first kappa shape index (κ1) is 20.1. The molecule has 0 radical (unpaired) electrons. The summed E-state index contributed by atoms with van der Waals surface area (Å²) in [5.74, 6) is 0.235. The van der Waals surface area contributed by atoms with Gasteiger partial charge in [0.25, 0.3) is 5.91 Å². The van der Waals surface area contributed by atoms with Crippen LogP contribution in [0.5, 0.6) is 5.75 Å². The zero-order valence-electron chi connectivity index (χ0n) is 15.7. The lowest BCUT2D eigenvalue weighted by atomic mass is 9.95. The summed E-state index contributed by atoms with van der Waals surface area (Å²) in [4.78, 5) is 12.8. The molecule has 0 bridgehead atoms. The largest absolute Gasteiger partial charge is 0.495 e. The Labute approximate surface area is 160 Å². The van der Waals surface area contributed by atoms with Crippen molar-refractivity contribution in [3.8, 4) is 5.75 Å². The van der Waals surface area contributed by atoms with Crippen LogP contribution in [0.15, 0.2) is 23.1 Å². The number of methoxy groups -OCH3 is 1. The van der Waals surface area contributed by atoms with Crippen LogP contribution in [0, 0.1) is 5.92 Å². The van der Waals surface area contributed by atoms with E-state index in [1.54, 1.807) is 6.07 Å². The van der Waals surface area contributed by atoms with Crippen molar-refractivity contribution >= 4 is 15.9 Å². The molecule has 150 valence electrons. The van der Waals surface area contributed by atoms with E-state index in [2.05, 4.69) is 5.32 Å². The van der Waals surface area contributed by atoms with E-state index >= 15 is 0 Å². The maximum Gasteiger partial charge on any atom is 0.251 e. The SMILES string of the molecule is COc1ccc(C(=O)NC(C)(CN)C2CC2)cc1S(=O)(=O)N1CCOCC1. The van der Waals surface area contributed by atoms with Crippen LogP contribution in [-0.2, 0) is 14.8 Å². The van der Waals surface area contributed by atoms with Crippen molar-refractivity contribution in [2.24, 2.45) is 11.7 Å². The average Bonchev–Trinajstić information content (AvgIpc) is 3.53. The fourth-order valence-electron chi connectivity index (χ4n) is 3.32. The summed E-state index contributed by atoms with van der Waals surface area (Å²) < 4.78 is 37.9. The molecule has 9 heteroatoms. The number of nitrogens with zero attached hydrogens (tertiary/aromatic N) is 1. The van der Waals surface area contributed by atoms with Gasteiger partial charge in [-0.25, -0.2) is 8.42 Å². The van der Waals surface area contributed by atoms with Crippen molar-refractivity contribution in [3.63, 3.8) is 0 Å². The van der Waals surface area contributed by atoms with Gasteiger partial charge in [-0.3, -0.25) is 4.79 Å². The minimum Gasteiger partial charge on any atom is -0.495 e. The van der Waals surface area contributed by atoms with Crippen LogP contribution in [0.3, 0.4) is 0 Å². The van der Waals surface area contributed by atoms with Gasteiger partial charge in [0.1, 0.15) is 10.6 Å². The number of sulfonamides is 1. The van der Waals surface area contributed by atoms with Gasteiger partial charge in [0.15, 0.2) is 0 Å². The number of rotatable bonds is 7. The first-order chi connectivity index (χ1) is 12.8. The lowest BCUT2D eigenvalue weighted by Gasteiger charge is -2.30. The number of benzene rings is 1. The van der Waals surface area contributed by atoms with Gasteiger partial charge in [-0.05, 0) is 43.9 Å². The molecule has 1 aliphatic carbocycles. The Morgan fingerprint density at radius 1 is 1.37 bits per heavy atom. The molecule has 1 heterocycles. The van der Waals surface area contributed by atoms with E-state index in [1.807, 2.05) is 6.92 Å². The Kier molecular flexibility index (Phi) is 5.76. The molecule has 2 fully saturated rings. The summed E-state index contributed by atoms with van der Waals surface area (Å²) in [6.45, 7) is 3.50. The molecule has 1 aliphatic heterocycles. The van der Waals surface area contributed by atoms with Crippen molar-refractivity contribution in [3.05, 3.63) is 23.8 Å². The average molecular weight is 397 g/mol. The lowest BCUT2D eigenvalue weighted by Crippen LogP contribution is -2.53. The van der Waals surface area contributed by atoms with Crippen LogP contribution in [-0.4, -0.2) is 64.1 Å². The molecule has 8 nitrogen and oxygen atoms in total. The molecule has 1 saturated heterocycles. The van der Waals surface area contributed by atoms with E-state index in [9.17, 15) is 13.2 Å². The highest BCUT2D eigenvalue weighted by Crippen LogP contribution is 2.39. The number of carbonyl (C=O) groups excluding carboxylic acids is 1. The molecule has 27 heavy (non-hydrogen) atoms. The zero-order valence-corrected chi connectivity index (χ0v) is 16.5. The number of hydrogen-bond donors (Lipinski definition) is 2. The minimum absolute atomic E-state index is 0.0135. The van der Waals surface area contributed by atoms with Gasteiger partial charge in [0.05, 0.1) is 25.9 Å². The Morgan fingerprint density at radius 2 is 2.04 bits per heavy atom. The Bertz CT molecular complexity index is 803. The van der Waals surface area contributed by atoms with Crippen molar-refractivity contribution in [1.82, 2.24) is 9.62 Å². The fourth-order valence-corrected chi connectivity index (χ4v) is 4.91. The van der Waals surface area contributed by atoms with E-state index in [0.717, 1.165) is 12.8 Å². The number of nitrogens with one attached hydrogen (secondary N) is 1. The van der Waals surface area contributed by atoms with E-state index in [-0.39, 0.29) is 35.2 Å². The van der Waals surface area contributed by atoms with Gasteiger partial charge in [-0.2, -0.15) is 4.31 Å². The maximum atomic E-state index is 13.0. The van der Waals surface area contributed by atoms with Gasteiger partial charge < -0.3 is 20.5 Å². The normalized spacial score (nSPS) is 20.7. The third kappa shape index (κ3) is 4.11. The molecular weight excluding hydrogens is 370 g/mol. The molecule has 1 unspecified atom stereocenters. The summed E-state index contributed by atoms with van der Waals surface area (Å²) in [5.41, 5.74) is 5.65. The molecule has 1 amide bonds. The lowest BCUT2D eigenvalue weighted by molar-refractivity contribution is 0.0729. The van der Waals surface area contributed by atoms with Crippen molar-refractivity contribution in [2.75, 3.05) is 40.0 Å². The molecule has 1 atom stereocenters. The van der Waals surface area contributed by atoms with E-state index < -0.39 is 15.6 Å². The smallest absolute Gasteiger partial charge is 0.251 e. The highest BCUT2D eigenvalue weighted by molar-refractivity contribution is 7.89. The Hall–Kier alpha value is -1.68. The predicted octanol–water partition coefficient (Wildman–Crippen LogP) is 0.573. The van der Waals surface area contributed by atoms with Crippen LogP contribution < -0.4 is 15.8 Å². The standard InChI is InChI=1S/C18H27N3O5S/c1-18(12-19,14-4-5-14)20-17(22)13-3-6-15(25-2)16(11-13)27(23,24)21-7-9-26-10-8-21/h3,6,11,14H,4-5,7-10,12,19H2,1-2H3,(H,20,22). The molecule has 0 spiro atoms. The first-order valence-corrected chi connectivity index (χ1v) is 10.5. The van der Waals surface area contributed by atoms with Crippen LogP contribution in [0.1, 0.15) is 30.1 Å². The summed E-state index contributed by atoms with van der Waals surface area (Å²) in [5, 5.41) is 2.98. The van der Waals surface area contributed by atoms with Crippen LogP contribution in [0.25, 0.3) is 0 Å². The van der Waals surface area contributed by atoms with Crippen LogP contribution >= 0.6 is 0 Å². The van der Waals surface area contributed by atoms with E-state index in [4.69, 9.17) is 15.2 Å². The molecule has 3 N–H and O–H groups in total. The topological polar surface area (TPSA) is 111 Å². The summed E-state index contributed by atoms with van der Waals surface area (Å²) >= 11 is 0. The van der Waals surface area contributed by atoms with Gasteiger partial charge in [-0.1, -0.05) is 0 Å². The zero-order chi connectivity index (χ0) is 19.7. The van der Waals surface area contributed by atoms with Gasteiger partial charge >= 0.3 is 0 Å². The maximum absolute atomic E-state index is 13.0. The third-order valence-electron chi connectivity index (χ3n) is 5.32. The molecular formula is C18H27N3O5S. The third-order valence-corrected chi connectivity index (χ3v) is 7.24. The number of carbonyl (C=O) groups is 1. The van der Waals surface area contributed by atoms with E-state index in [1.165, 1.54) is 23.5 Å². The second-order valence-corrected chi connectivity index (χ2v) is 9.14. The van der Waals surface area contributed by atoms with E-state index in [0.29, 0.717) is 25.7 Å². The van der Waals surface area contributed by atoms with Crippen LogP contribution in [0.4, 0.5) is 0 Å². The molecule has 2 aliphatic rings. The molecule has 1 saturated carbocycles. The second-order valence-electron chi connectivity index (χ2n) is 7.23. The minimum atomic E-state index is -3.79. The van der Waals surface area contributed by atoms with Gasteiger partial charge in [0.2, 0.25) is 10.0 Å². The second kappa shape index (κ2) is 7.75. The van der Waals surface area contributed by atoms with Crippen molar-refractivity contribution in [2.45, 2.75) is 30.2 Å². The Balaban J connectivity index is 1.90. The molecule has 0 aromatic heterocycles. The Morgan fingerprint density at radius 3 is 2.59 bits per heavy atom. The molecule has 1 aromatic rings.